The molecule has 2 saturated heterocycles. The minimum absolute atomic E-state index is 0.0123. The predicted octanol–water partition coefficient (Wildman–Crippen LogP) is 0.900. The first-order chi connectivity index (χ1) is 13.3. The Morgan fingerprint density at radius 3 is 2.64 bits per heavy atom. The summed E-state index contributed by atoms with van der Waals surface area (Å²) in [5, 5.41) is 11.8. The molecule has 28 heavy (non-hydrogen) atoms. The molecule has 0 spiro atoms. The number of H-pyrrole nitrogens is 1. The molecule has 2 fully saturated rings. The molecule has 0 saturated carbocycles. The third-order valence-corrected chi connectivity index (χ3v) is 6.24. The maximum absolute atomic E-state index is 13.2. The Bertz CT molecular complexity index is 917. The lowest BCUT2D eigenvalue weighted by molar-refractivity contribution is -0.128. The molecule has 0 radical (unpaired) electrons. The Hall–Kier alpha value is -2.71. The van der Waals surface area contributed by atoms with Gasteiger partial charge in [0.1, 0.15) is 5.82 Å². The Morgan fingerprint density at radius 1 is 1.29 bits per heavy atom. The van der Waals surface area contributed by atoms with Gasteiger partial charge in [0.15, 0.2) is 5.82 Å². The van der Waals surface area contributed by atoms with Crippen LogP contribution < -0.4 is 0 Å². The second-order valence-electron chi connectivity index (χ2n) is 7.98. The van der Waals surface area contributed by atoms with Crippen molar-refractivity contribution in [2.24, 2.45) is 5.92 Å². The number of aromatic nitrogens is 5. The van der Waals surface area contributed by atoms with E-state index in [2.05, 4.69) is 20.3 Å². The molecular weight excluding hydrogens is 358 g/mol. The van der Waals surface area contributed by atoms with Crippen molar-refractivity contribution in [2.75, 3.05) is 26.2 Å². The highest BCUT2D eigenvalue weighted by atomic mass is 16.2. The number of nitrogens with one attached hydrogen (secondary N) is 1. The molecule has 2 atom stereocenters. The van der Waals surface area contributed by atoms with Crippen LogP contribution >= 0.6 is 0 Å². The quantitative estimate of drug-likeness (QED) is 0.846. The number of fused-ring (bicyclic) bond motifs is 1. The topological polar surface area (TPSA) is 100 Å². The molecule has 4 heterocycles. The fourth-order valence-corrected chi connectivity index (χ4v) is 4.60. The first-order valence-corrected chi connectivity index (χ1v) is 9.82. The van der Waals surface area contributed by atoms with Crippen LogP contribution in [0.4, 0.5) is 0 Å². The molecule has 2 aromatic heterocycles. The second kappa shape index (κ2) is 6.72. The minimum Gasteiger partial charge on any atom is -0.342 e. The van der Waals surface area contributed by atoms with Crippen LogP contribution in [0, 0.1) is 19.8 Å². The highest BCUT2D eigenvalue weighted by Gasteiger charge is 2.54. The molecule has 2 amide bonds. The van der Waals surface area contributed by atoms with Crippen molar-refractivity contribution in [3.63, 3.8) is 0 Å². The van der Waals surface area contributed by atoms with Crippen molar-refractivity contribution in [1.29, 1.82) is 0 Å². The van der Waals surface area contributed by atoms with Gasteiger partial charge in [0.05, 0.1) is 16.7 Å². The van der Waals surface area contributed by atoms with Crippen LogP contribution in [0.5, 0.6) is 0 Å². The maximum atomic E-state index is 13.2. The van der Waals surface area contributed by atoms with Crippen molar-refractivity contribution in [3.8, 4) is 0 Å². The molecule has 2 aromatic rings. The van der Waals surface area contributed by atoms with E-state index in [0.717, 1.165) is 30.3 Å². The number of likely N-dealkylation sites (tertiary alicyclic amines) is 2. The zero-order valence-corrected chi connectivity index (χ0v) is 16.9. The largest absolute Gasteiger partial charge is 0.342 e. The summed E-state index contributed by atoms with van der Waals surface area (Å²) < 4.78 is 1.79. The van der Waals surface area contributed by atoms with Crippen LogP contribution in [0.15, 0.2) is 6.20 Å². The van der Waals surface area contributed by atoms with Gasteiger partial charge in [0.25, 0.3) is 5.91 Å². The number of piperidine rings is 1. The molecule has 9 heteroatoms. The van der Waals surface area contributed by atoms with E-state index in [4.69, 9.17) is 0 Å². The van der Waals surface area contributed by atoms with E-state index < -0.39 is 0 Å². The lowest BCUT2D eigenvalue weighted by atomic mass is 9.71. The first-order valence-electron chi connectivity index (χ1n) is 9.82. The summed E-state index contributed by atoms with van der Waals surface area (Å²) in [6, 6.07) is 0. The number of carbonyl (C=O) groups excluding carboxylic acids is 2. The highest BCUT2D eigenvalue weighted by Crippen LogP contribution is 2.44. The summed E-state index contributed by atoms with van der Waals surface area (Å²) in [5.74, 6) is 1.72. The van der Waals surface area contributed by atoms with Crippen LogP contribution in [0.2, 0.25) is 0 Å². The summed E-state index contributed by atoms with van der Waals surface area (Å²) in [7, 11) is 0. The standard InChI is InChI=1S/C19H27N7O2/c1-5-26-10-16(12(2)23-26)17(28)24-7-6-19(18-20-13(3)21-22-18)11-25(14(4)27)9-15(19)8-24/h10,15H,5-9,11H2,1-4H3,(H,20,21,22)/t15-,19-/m1/s1. The molecule has 2 aliphatic heterocycles. The maximum Gasteiger partial charge on any atom is 0.257 e. The van der Waals surface area contributed by atoms with Crippen molar-refractivity contribution >= 4 is 11.8 Å². The highest BCUT2D eigenvalue weighted by molar-refractivity contribution is 5.95. The number of hydrogen-bond donors (Lipinski definition) is 1. The number of aryl methyl sites for hydroxylation is 3. The number of carbonyl (C=O) groups is 2. The Kier molecular flexibility index (Phi) is 4.47. The third kappa shape index (κ3) is 2.89. The summed E-state index contributed by atoms with van der Waals surface area (Å²) in [5.41, 5.74) is 1.12. The summed E-state index contributed by atoms with van der Waals surface area (Å²) in [4.78, 5) is 33.6. The van der Waals surface area contributed by atoms with Crippen LogP contribution in [-0.2, 0) is 16.8 Å². The number of aromatic amines is 1. The van der Waals surface area contributed by atoms with Crippen LogP contribution in [-0.4, -0.2) is 72.8 Å². The average Bonchev–Trinajstić information content (AvgIpc) is 3.37. The van der Waals surface area contributed by atoms with Crippen molar-refractivity contribution in [2.45, 2.75) is 46.1 Å². The average molecular weight is 385 g/mol. The molecule has 0 bridgehead atoms. The zero-order valence-electron chi connectivity index (χ0n) is 16.9. The number of hydrogen-bond acceptors (Lipinski definition) is 5. The zero-order chi connectivity index (χ0) is 20.1. The minimum atomic E-state index is -0.296. The van der Waals surface area contributed by atoms with Gasteiger partial charge in [-0.05, 0) is 27.2 Å². The monoisotopic (exact) mass is 385 g/mol. The van der Waals surface area contributed by atoms with Crippen LogP contribution in [0.1, 0.15) is 48.0 Å². The molecule has 0 aliphatic carbocycles. The van der Waals surface area contributed by atoms with Crippen molar-refractivity contribution in [3.05, 3.63) is 29.1 Å². The number of nitrogens with zero attached hydrogens (tertiary/aromatic N) is 6. The Balaban J connectivity index is 1.61. The van der Waals surface area contributed by atoms with Gasteiger partial charge in [-0.3, -0.25) is 19.4 Å². The Labute approximate surface area is 164 Å². The van der Waals surface area contributed by atoms with Gasteiger partial charge in [0, 0.05) is 51.8 Å². The molecule has 4 rings (SSSR count). The first kappa shape index (κ1) is 18.6. The molecular formula is C19H27N7O2. The normalized spacial score (nSPS) is 24.5. The lowest BCUT2D eigenvalue weighted by Gasteiger charge is -2.41. The SMILES string of the molecule is CCn1cc(C(=O)N2CC[C@@]3(c4n[nH]c(C)n4)CN(C(C)=O)C[C@H]3C2)c(C)n1. The molecule has 150 valence electrons. The second-order valence-corrected chi connectivity index (χ2v) is 7.98. The van der Waals surface area contributed by atoms with Crippen molar-refractivity contribution in [1.82, 2.24) is 34.8 Å². The van der Waals surface area contributed by atoms with E-state index in [9.17, 15) is 9.59 Å². The third-order valence-electron chi connectivity index (χ3n) is 6.24. The van der Waals surface area contributed by atoms with Gasteiger partial charge < -0.3 is 9.80 Å². The summed E-state index contributed by atoms with van der Waals surface area (Å²) in [6.45, 7) is 10.5. The summed E-state index contributed by atoms with van der Waals surface area (Å²) in [6.07, 6.45) is 2.57. The van der Waals surface area contributed by atoms with E-state index in [-0.39, 0.29) is 23.1 Å². The van der Waals surface area contributed by atoms with Crippen LogP contribution in [0.25, 0.3) is 0 Å². The van der Waals surface area contributed by atoms with E-state index in [1.165, 1.54) is 0 Å². The van der Waals surface area contributed by atoms with E-state index in [1.54, 1.807) is 11.6 Å². The van der Waals surface area contributed by atoms with Gasteiger partial charge in [-0.1, -0.05) is 0 Å². The van der Waals surface area contributed by atoms with Gasteiger partial charge >= 0.3 is 0 Å². The van der Waals surface area contributed by atoms with Crippen molar-refractivity contribution < 1.29 is 9.59 Å². The fraction of sp³-hybridized carbons (Fsp3) is 0.632. The smallest absolute Gasteiger partial charge is 0.257 e. The van der Waals surface area contributed by atoms with Gasteiger partial charge in [-0.25, -0.2) is 4.98 Å². The van der Waals surface area contributed by atoms with Gasteiger partial charge in [-0.2, -0.15) is 10.2 Å². The molecule has 0 aromatic carbocycles. The number of rotatable bonds is 3. The lowest BCUT2D eigenvalue weighted by Crippen LogP contribution is -2.51. The fourth-order valence-electron chi connectivity index (χ4n) is 4.60. The van der Waals surface area contributed by atoms with E-state index in [1.807, 2.05) is 36.8 Å². The molecule has 0 unspecified atom stereocenters. The van der Waals surface area contributed by atoms with Crippen LogP contribution in [0.3, 0.4) is 0 Å². The molecule has 2 aliphatic rings. The molecule has 9 nitrogen and oxygen atoms in total. The molecule has 1 N–H and O–H groups in total. The van der Waals surface area contributed by atoms with E-state index >= 15 is 0 Å². The summed E-state index contributed by atoms with van der Waals surface area (Å²) >= 11 is 0. The van der Waals surface area contributed by atoms with Gasteiger partial charge in [-0.15, -0.1) is 0 Å². The van der Waals surface area contributed by atoms with Gasteiger partial charge in [0.2, 0.25) is 5.91 Å². The number of amides is 2. The Morgan fingerprint density at radius 2 is 2.04 bits per heavy atom. The van der Waals surface area contributed by atoms with E-state index in [0.29, 0.717) is 31.7 Å². The predicted molar refractivity (Wildman–Crippen MR) is 102 cm³/mol.